The fourth-order valence-corrected chi connectivity index (χ4v) is 5.67. The summed E-state index contributed by atoms with van der Waals surface area (Å²) in [7, 11) is 0. The number of hydrogen-bond donors (Lipinski definition) is 1. The van der Waals surface area contributed by atoms with E-state index in [9.17, 15) is 0 Å². The van der Waals surface area contributed by atoms with Gasteiger partial charge < -0.3 is 0 Å². The second-order valence-electron chi connectivity index (χ2n) is 6.29. The van der Waals surface area contributed by atoms with Gasteiger partial charge in [-0.25, -0.2) is 0 Å². The van der Waals surface area contributed by atoms with Crippen molar-refractivity contribution in [3.8, 4) is 0 Å². The van der Waals surface area contributed by atoms with Crippen molar-refractivity contribution in [2.45, 2.75) is 43.9 Å². The number of rotatable bonds is 1. The standard InChI is InChI=1S/C13H17BrN2/c14-11-7-15-16-12(11)13-4-8-1-9(5-13)3-10(2-8)6-13/h7-10H,1-6H2,(H,15,16). The van der Waals surface area contributed by atoms with Crippen molar-refractivity contribution < 1.29 is 0 Å². The van der Waals surface area contributed by atoms with Gasteiger partial charge in [-0.1, -0.05) is 0 Å². The number of nitrogens with one attached hydrogen (secondary N) is 1. The molecule has 0 aromatic carbocycles. The molecule has 0 amide bonds. The first kappa shape index (κ1) is 9.69. The van der Waals surface area contributed by atoms with Crippen molar-refractivity contribution in [1.82, 2.24) is 10.2 Å². The van der Waals surface area contributed by atoms with Crippen LogP contribution in [0, 0.1) is 17.8 Å². The molecule has 1 aromatic heterocycles. The number of halogens is 1. The van der Waals surface area contributed by atoms with Crippen LogP contribution in [0.2, 0.25) is 0 Å². The van der Waals surface area contributed by atoms with Gasteiger partial charge in [0.1, 0.15) is 0 Å². The summed E-state index contributed by atoms with van der Waals surface area (Å²) >= 11 is 3.66. The lowest BCUT2D eigenvalue weighted by Crippen LogP contribution is -2.48. The van der Waals surface area contributed by atoms with E-state index in [1.165, 1.54) is 48.7 Å². The summed E-state index contributed by atoms with van der Waals surface area (Å²) in [6.45, 7) is 0. The Balaban J connectivity index is 1.79. The Labute approximate surface area is 104 Å². The molecule has 2 nitrogen and oxygen atoms in total. The summed E-state index contributed by atoms with van der Waals surface area (Å²) in [5.41, 5.74) is 1.84. The fourth-order valence-electron chi connectivity index (χ4n) is 5.06. The van der Waals surface area contributed by atoms with Crippen LogP contribution < -0.4 is 0 Å². The van der Waals surface area contributed by atoms with Crippen LogP contribution in [0.4, 0.5) is 0 Å². The Morgan fingerprint density at radius 3 is 2.12 bits per heavy atom. The van der Waals surface area contributed by atoms with E-state index in [1.54, 1.807) is 0 Å². The van der Waals surface area contributed by atoms with Crippen molar-refractivity contribution >= 4 is 15.9 Å². The number of aromatic amines is 1. The van der Waals surface area contributed by atoms with Crippen LogP contribution >= 0.6 is 15.9 Å². The summed E-state index contributed by atoms with van der Waals surface area (Å²) < 4.78 is 1.20. The summed E-state index contributed by atoms with van der Waals surface area (Å²) in [6.07, 6.45) is 10.6. The largest absolute Gasteiger partial charge is 0.281 e. The molecule has 0 aliphatic heterocycles. The second kappa shape index (κ2) is 3.12. The highest BCUT2D eigenvalue weighted by Gasteiger charge is 2.52. The number of hydrogen-bond acceptors (Lipinski definition) is 1. The first-order valence-corrected chi connectivity index (χ1v) is 7.24. The lowest BCUT2D eigenvalue weighted by Gasteiger charge is -2.56. The fraction of sp³-hybridized carbons (Fsp3) is 0.769. The molecule has 5 rings (SSSR count). The van der Waals surface area contributed by atoms with Gasteiger partial charge in [-0.2, -0.15) is 5.10 Å². The Bertz CT molecular complexity index is 388. The SMILES string of the molecule is Brc1cn[nH]c1C12CC3CC(CC(C3)C1)C2. The van der Waals surface area contributed by atoms with Crippen LogP contribution in [-0.2, 0) is 5.41 Å². The number of nitrogens with zero attached hydrogens (tertiary/aromatic N) is 1. The van der Waals surface area contributed by atoms with Crippen LogP contribution in [-0.4, -0.2) is 10.2 Å². The smallest absolute Gasteiger partial charge is 0.0632 e. The van der Waals surface area contributed by atoms with Crippen LogP contribution in [0.15, 0.2) is 10.7 Å². The van der Waals surface area contributed by atoms with Crippen LogP contribution in [0.5, 0.6) is 0 Å². The maximum Gasteiger partial charge on any atom is 0.0632 e. The van der Waals surface area contributed by atoms with E-state index in [0.717, 1.165) is 17.8 Å². The third-order valence-electron chi connectivity index (χ3n) is 5.16. The molecule has 86 valence electrons. The molecule has 16 heavy (non-hydrogen) atoms. The third-order valence-corrected chi connectivity index (χ3v) is 5.76. The van der Waals surface area contributed by atoms with Gasteiger partial charge in [-0.3, -0.25) is 5.10 Å². The summed E-state index contributed by atoms with van der Waals surface area (Å²) in [5, 5.41) is 7.47. The van der Waals surface area contributed by atoms with E-state index in [2.05, 4.69) is 26.1 Å². The quantitative estimate of drug-likeness (QED) is 0.836. The Morgan fingerprint density at radius 1 is 1.12 bits per heavy atom. The topological polar surface area (TPSA) is 28.7 Å². The van der Waals surface area contributed by atoms with Gasteiger partial charge in [-0.05, 0) is 72.2 Å². The van der Waals surface area contributed by atoms with Gasteiger partial charge in [0.2, 0.25) is 0 Å². The molecule has 4 aliphatic rings. The lowest BCUT2D eigenvalue weighted by molar-refractivity contribution is -0.00754. The molecular weight excluding hydrogens is 264 g/mol. The molecule has 0 atom stereocenters. The van der Waals surface area contributed by atoms with Crippen molar-refractivity contribution in [3.63, 3.8) is 0 Å². The van der Waals surface area contributed by atoms with Crippen molar-refractivity contribution in [3.05, 3.63) is 16.4 Å². The van der Waals surface area contributed by atoms with Crippen molar-refractivity contribution in [2.75, 3.05) is 0 Å². The average Bonchev–Trinajstić information content (AvgIpc) is 2.62. The van der Waals surface area contributed by atoms with Gasteiger partial charge in [0.25, 0.3) is 0 Å². The highest BCUT2D eigenvalue weighted by atomic mass is 79.9. The molecule has 4 bridgehead atoms. The van der Waals surface area contributed by atoms with Gasteiger partial charge in [0.15, 0.2) is 0 Å². The summed E-state index contributed by atoms with van der Waals surface area (Å²) in [5.74, 6) is 3.00. The Kier molecular flexibility index (Phi) is 1.89. The average molecular weight is 281 g/mol. The van der Waals surface area contributed by atoms with E-state index in [1.807, 2.05) is 6.20 Å². The summed E-state index contributed by atoms with van der Waals surface area (Å²) in [4.78, 5) is 0. The maximum absolute atomic E-state index is 4.21. The summed E-state index contributed by atoms with van der Waals surface area (Å²) in [6, 6.07) is 0. The minimum absolute atomic E-state index is 0.448. The lowest BCUT2D eigenvalue weighted by atomic mass is 9.49. The zero-order chi connectivity index (χ0) is 10.8. The molecule has 1 N–H and O–H groups in total. The molecule has 0 spiro atoms. The highest BCUT2D eigenvalue weighted by Crippen LogP contribution is 2.61. The molecule has 0 unspecified atom stereocenters. The van der Waals surface area contributed by atoms with Gasteiger partial charge in [0, 0.05) is 5.41 Å². The van der Waals surface area contributed by atoms with Gasteiger partial charge in [-0.15, -0.1) is 0 Å². The molecule has 0 radical (unpaired) electrons. The van der Waals surface area contributed by atoms with E-state index in [-0.39, 0.29) is 0 Å². The maximum atomic E-state index is 4.21. The van der Waals surface area contributed by atoms with Gasteiger partial charge in [0.05, 0.1) is 16.4 Å². The third kappa shape index (κ3) is 1.21. The predicted molar refractivity (Wildman–Crippen MR) is 66.1 cm³/mol. The molecule has 3 heteroatoms. The molecule has 1 aromatic rings. The monoisotopic (exact) mass is 280 g/mol. The highest BCUT2D eigenvalue weighted by molar-refractivity contribution is 9.10. The minimum atomic E-state index is 0.448. The minimum Gasteiger partial charge on any atom is -0.281 e. The zero-order valence-electron chi connectivity index (χ0n) is 9.38. The van der Waals surface area contributed by atoms with Crippen molar-refractivity contribution in [2.24, 2.45) is 17.8 Å². The van der Waals surface area contributed by atoms with Crippen LogP contribution in [0.1, 0.15) is 44.2 Å². The second-order valence-corrected chi connectivity index (χ2v) is 7.15. The van der Waals surface area contributed by atoms with Crippen molar-refractivity contribution in [1.29, 1.82) is 0 Å². The van der Waals surface area contributed by atoms with E-state index < -0.39 is 0 Å². The van der Waals surface area contributed by atoms with Crippen LogP contribution in [0.3, 0.4) is 0 Å². The zero-order valence-corrected chi connectivity index (χ0v) is 11.0. The van der Waals surface area contributed by atoms with E-state index in [0.29, 0.717) is 5.41 Å². The number of H-pyrrole nitrogens is 1. The Morgan fingerprint density at radius 2 is 1.69 bits per heavy atom. The normalized spacial score (nSPS) is 45.2. The first-order chi connectivity index (χ1) is 7.75. The molecule has 0 saturated heterocycles. The molecule has 4 aliphatic carbocycles. The van der Waals surface area contributed by atoms with Crippen LogP contribution in [0.25, 0.3) is 0 Å². The first-order valence-electron chi connectivity index (χ1n) is 6.44. The Hall–Kier alpha value is -0.310. The van der Waals surface area contributed by atoms with E-state index >= 15 is 0 Å². The predicted octanol–water partition coefficient (Wildman–Crippen LogP) is 3.64. The number of aromatic nitrogens is 2. The molecule has 1 heterocycles. The molecular formula is C13H17BrN2. The van der Waals surface area contributed by atoms with Gasteiger partial charge >= 0.3 is 0 Å². The van der Waals surface area contributed by atoms with E-state index in [4.69, 9.17) is 0 Å². The molecule has 4 fully saturated rings. The molecule has 4 saturated carbocycles.